The average Bonchev–Trinajstić information content (AvgIpc) is 2.20. The van der Waals surface area contributed by atoms with Crippen LogP contribution in [0.1, 0.15) is 11.5 Å². The van der Waals surface area contributed by atoms with Crippen LogP contribution in [0.5, 0.6) is 0 Å². The first-order valence-electron chi connectivity index (χ1n) is 5.11. The van der Waals surface area contributed by atoms with Crippen LogP contribution in [0.3, 0.4) is 0 Å². The number of hydrogen-bond donors (Lipinski definition) is 1. The van der Waals surface area contributed by atoms with Crippen molar-refractivity contribution in [1.29, 1.82) is 0 Å². The van der Waals surface area contributed by atoms with Gasteiger partial charge < -0.3 is 15.4 Å². The highest BCUT2D eigenvalue weighted by molar-refractivity contribution is 5.77. The summed E-state index contributed by atoms with van der Waals surface area (Å²) in [5.74, 6) is 0.978. The fraction of sp³-hybridized carbons (Fsp3) is 0.500. The molecule has 1 aromatic heterocycles. The molecular formula is C10H14N4O2. The molecule has 1 aliphatic rings. The molecule has 1 aliphatic heterocycles. The molecule has 0 aromatic carbocycles. The topological polar surface area (TPSA) is 81.3 Å². The standard InChI is InChI=1S/C10H14N4O2/c1-7-4-8(11)13-9(12-7)5-14-2-3-16-6-10(14)15/h4H,2-3,5-6H2,1H3,(H2,11,12,13). The number of nitrogen functional groups attached to an aromatic ring is 1. The van der Waals surface area contributed by atoms with Crippen molar-refractivity contribution in [2.45, 2.75) is 13.5 Å². The van der Waals surface area contributed by atoms with Gasteiger partial charge in [-0.1, -0.05) is 0 Å². The van der Waals surface area contributed by atoms with Crippen molar-refractivity contribution >= 4 is 11.7 Å². The number of carbonyl (C=O) groups excluding carboxylic acids is 1. The second kappa shape index (κ2) is 4.44. The van der Waals surface area contributed by atoms with Gasteiger partial charge in [0.2, 0.25) is 5.91 Å². The molecule has 1 aromatic rings. The zero-order valence-electron chi connectivity index (χ0n) is 9.14. The Kier molecular flexibility index (Phi) is 3.00. The number of ether oxygens (including phenoxy) is 1. The van der Waals surface area contributed by atoms with Crippen LogP contribution in [0.25, 0.3) is 0 Å². The number of anilines is 1. The monoisotopic (exact) mass is 222 g/mol. The van der Waals surface area contributed by atoms with Crippen LogP contribution >= 0.6 is 0 Å². The minimum Gasteiger partial charge on any atom is -0.384 e. The van der Waals surface area contributed by atoms with Crippen molar-refractivity contribution in [1.82, 2.24) is 14.9 Å². The van der Waals surface area contributed by atoms with Crippen molar-refractivity contribution in [2.24, 2.45) is 0 Å². The summed E-state index contributed by atoms with van der Waals surface area (Å²) in [4.78, 5) is 21.5. The Morgan fingerprint density at radius 3 is 3.06 bits per heavy atom. The van der Waals surface area contributed by atoms with E-state index in [1.54, 1.807) is 11.0 Å². The minimum atomic E-state index is -0.0325. The zero-order chi connectivity index (χ0) is 11.5. The molecule has 1 amide bonds. The summed E-state index contributed by atoms with van der Waals surface area (Å²) in [6.07, 6.45) is 0. The molecule has 1 fully saturated rings. The second-order valence-corrected chi connectivity index (χ2v) is 3.72. The summed E-state index contributed by atoms with van der Waals surface area (Å²) in [6, 6.07) is 1.70. The molecule has 0 aliphatic carbocycles. The molecule has 0 bridgehead atoms. The van der Waals surface area contributed by atoms with Gasteiger partial charge in [-0.05, 0) is 6.92 Å². The predicted octanol–water partition coefficient (Wildman–Crippen LogP) is -0.274. The van der Waals surface area contributed by atoms with E-state index in [0.29, 0.717) is 31.3 Å². The molecule has 2 rings (SSSR count). The van der Waals surface area contributed by atoms with E-state index in [4.69, 9.17) is 10.5 Å². The summed E-state index contributed by atoms with van der Waals surface area (Å²) in [5, 5.41) is 0. The maximum Gasteiger partial charge on any atom is 0.249 e. The third-order valence-electron chi connectivity index (χ3n) is 2.34. The maximum atomic E-state index is 11.5. The first kappa shape index (κ1) is 10.8. The lowest BCUT2D eigenvalue weighted by atomic mass is 10.3. The number of nitrogens with two attached hydrogens (primary N) is 1. The van der Waals surface area contributed by atoms with Gasteiger partial charge in [0, 0.05) is 18.3 Å². The Bertz CT molecular complexity index is 388. The molecule has 0 radical (unpaired) electrons. The molecule has 0 spiro atoms. The molecule has 0 saturated carbocycles. The average molecular weight is 222 g/mol. The van der Waals surface area contributed by atoms with Crippen LogP contribution in [-0.2, 0) is 16.1 Å². The maximum absolute atomic E-state index is 11.5. The zero-order valence-corrected chi connectivity index (χ0v) is 9.14. The fourth-order valence-electron chi connectivity index (χ4n) is 1.62. The van der Waals surface area contributed by atoms with Gasteiger partial charge in [0.15, 0.2) is 0 Å². The Hall–Kier alpha value is -1.69. The highest BCUT2D eigenvalue weighted by Crippen LogP contribution is 2.07. The van der Waals surface area contributed by atoms with E-state index >= 15 is 0 Å². The molecule has 0 atom stereocenters. The molecule has 2 heterocycles. The first-order chi connectivity index (χ1) is 7.65. The lowest BCUT2D eigenvalue weighted by Gasteiger charge is -2.26. The summed E-state index contributed by atoms with van der Waals surface area (Å²) >= 11 is 0. The fourth-order valence-corrected chi connectivity index (χ4v) is 1.62. The van der Waals surface area contributed by atoms with Gasteiger partial charge in [-0.25, -0.2) is 9.97 Å². The van der Waals surface area contributed by atoms with Crippen LogP contribution in [0.15, 0.2) is 6.07 Å². The van der Waals surface area contributed by atoms with E-state index in [9.17, 15) is 4.79 Å². The number of hydrogen-bond acceptors (Lipinski definition) is 5. The number of nitrogens with zero attached hydrogens (tertiary/aromatic N) is 3. The highest BCUT2D eigenvalue weighted by atomic mass is 16.5. The minimum absolute atomic E-state index is 0.0325. The molecule has 6 nitrogen and oxygen atoms in total. The lowest BCUT2D eigenvalue weighted by molar-refractivity contribution is -0.143. The summed E-state index contributed by atoms with van der Waals surface area (Å²) in [7, 11) is 0. The Balaban J connectivity index is 2.10. The second-order valence-electron chi connectivity index (χ2n) is 3.72. The summed E-state index contributed by atoms with van der Waals surface area (Å²) < 4.78 is 5.04. The number of aromatic nitrogens is 2. The number of amides is 1. The van der Waals surface area contributed by atoms with Crippen LogP contribution < -0.4 is 5.73 Å². The van der Waals surface area contributed by atoms with E-state index < -0.39 is 0 Å². The van der Waals surface area contributed by atoms with Crippen LogP contribution in [0, 0.1) is 6.92 Å². The normalized spacial score (nSPS) is 16.6. The van der Waals surface area contributed by atoms with Gasteiger partial charge in [0.25, 0.3) is 0 Å². The van der Waals surface area contributed by atoms with Gasteiger partial charge in [-0.3, -0.25) is 4.79 Å². The molecular weight excluding hydrogens is 208 g/mol. The van der Waals surface area contributed by atoms with Crippen molar-refractivity contribution in [3.63, 3.8) is 0 Å². The van der Waals surface area contributed by atoms with E-state index in [-0.39, 0.29) is 12.5 Å². The molecule has 86 valence electrons. The van der Waals surface area contributed by atoms with Gasteiger partial charge in [0.05, 0.1) is 13.2 Å². The summed E-state index contributed by atoms with van der Waals surface area (Å²) in [6.45, 7) is 3.53. The van der Waals surface area contributed by atoms with Crippen molar-refractivity contribution < 1.29 is 9.53 Å². The first-order valence-corrected chi connectivity index (χ1v) is 5.11. The molecule has 2 N–H and O–H groups in total. The number of morpholine rings is 1. The number of carbonyl (C=O) groups is 1. The molecule has 1 saturated heterocycles. The van der Waals surface area contributed by atoms with Gasteiger partial charge in [-0.15, -0.1) is 0 Å². The van der Waals surface area contributed by atoms with Crippen molar-refractivity contribution in [3.05, 3.63) is 17.6 Å². The van der Waals surface area contributed by atoms with E-state index in [1.165, 1.54) is 0 Å². The summed E-state index contributed by atoms with van der Waals surface area (Å²) in [5.41, 5.74) is 6.43. The third kappa shape index (κ3) is 2.46. The smallest absolute Gasteiger partial charge is 0.249 e. The highest BCUT2D eigenvalue weighted by Gasteiger charge is 2.19. The Labute approximate surface area is 93.4 Å². The third-order valence-corrected chi connectivity index (χ3v) is 2.34. The largest absolute Gasteiger partial charge is 0.384 e. The van der Waals surface area contributed by atoms with Gasteiger partial charge in [-0.2, -0.15) is 0 Å². The quantitative estimate of drug-likeness (QED) is 0.744. The van der Waals surface area contributed by atoms with Crippen LogP contribution in [0.4, 0.5) is 5.82 Å². The van der Waals surface area contributed by atoms with Crippen LogP contribution in [-0.4, -0.2) is 40.5 Å². The van der Waals surface area contributed by atoms with Gasteiger partial charge in [0.1, 0.15) is 18.2 Å². The molecule has 6 heteroatoms. The van der Waals surface area contributed by atoms with E-state index in [0.717, 1.165) is 5.69 Å². The molecule has 0 unspecified atom stereocenters. The van der Waals surface area contributed by atoms with Crippen LogP contribution in [0.2, 0.25) is 0 Å². The number of aryl methyl sites for hydroxylation is 1. The molecule has 16 heavy (non-hydrogen) atoms. The SMILES string of the molecule is Cc1cc(N)nc(CN2CCOCC2=O)n1. The van der Waals surface area contributed by atoms with E-state index in [2.05, 4.69) is 9.97 Å². The van der Waals surface area contributed by atoms with Crippen molar-refractivity contribution in [2.75, 3.05) is 25.5 Å². The Morgan fingerprint density at radius 2 is 2.38 bits per heavy atom. The Morgan fingerprint density at radius 1 is 1.56 bits per heavy atom. The van der Waals surface area contributed by atoms with Crippen molar-refractivity contribution in [3.8, 4) is 0 Å². The number of rotatable bonds is 2. The van der Waals surface area contributed by atoms with Gasteiger partial charge >= 0.3 is 0 Å². The predicted molar refractivity (Wildman–Crippen MR) is 57.4 cm³/mol. The lowest BCUT2D eigenvalue weighted by Crippen LogP contribution is -2.41. The van der Waals surface area contributed by atoms with E-state index in [1.807, 2.05) is 6.92 Å².